The van der Waals surface area contributed by atoms with Gasteiger partial charge in [0.2, 0.25) is 5.91 Å². The van der Waals surface area contributed by atoms with E-state index in [1.165, 1.54) is 17.1 Å². The Hall–Kier alpha value is -3.36. The zero-order valence-corrected chi connectivity index (χ0v) is 17.0. The van der Waals surface area contributed by atoms with E-state index in [4.69, 9.17) is 15.7 Å². The maximum atomic E-state index is 11.8. The average molecular weight is 417 g/mol. The summed E-state index contributed by atoms with van der Waals surface area (Å²) in [5, 5.41) is 7.71. The number of carbonyl (C=O) groups excluding carboxylic acids is 1. The van der Waals surface area contributed by atoms with Gasteiger partial charge in [-0.15, -0.1) is 0 Å². The third kappa shape index (κ3) is 3.40. The Labute approximate surface area is 177 Å². The molecule has 3 heterocycles. The van der Waals surface area contributed by atoms with Crippen LogP contribution in [0.4, 0.5) is 5.82 Å². The number of hydrogen-bond donors (Lipinski definition) is 3. The second kappa shape index (κ2) is 7.81. The zero-order valence-electron chi connectivity index (χ0n) is 16.2. The van der Waals surface area contributed by atoms with E-state index in [2.05, 4.69) is 27.1 Å². The Morgan fingerprint density at radius 1 is 1.13 bits per heavy atom. The molecule has 0 unspecified atom stereocenters. The standard InChI is InChI=1S/C22H20N6OS/c23-20(29)16-8-4-7-15-18(28-30-19(15)16)22-26-17-12-24-10-9-14(17)21(27-22)25-11-13-5-2-1-3-6-13/h1-8,24H,9-12H2,(H2,23,29)(H,25,26,27). The lowest BCUT2D eigenvalue weighted by atomic mass is 10.1. The van der Waals surface area contributed by atoms with E-state index in [-0.39, 0.29) is 0 Å². The van der Waals surface area contributed by atoms with Crippen LogP contribution >= 0.6 is 11.5 Å². The maximum Gasteiger partial charge on any atom is 0.250 e. The maximum absolute atomic E-state index is 11.8. The molecule has 1 amide bonds. The molecule has 0 saturated heterocycles. The summed E-state index contributed by atoms with van der Waals surface area (Å²) >= 11 is 1.25. The number of amides is 1. The number of fused-ring (bicyclic) bond motifs is 2. The lowest BCUT2D eigenvalue weighted by molar-refractivity contribution is 0.100. The zero-order chi connectivity index (χ0) is 20.5. The topological polar surface area (TPSA) is 106 Å². The van der Waals surface area contributed by atoms with Crippen LogP contribution in [-0.4, -0.2) is 26.8 Å². The highest BCUT2D eigenvalue weighted by Crippen LogP contribution is 2.33. The highest BCUT2D eigenvalue weighted by atomic mass is 32.1. The minimum Gasteiger partial charge on any atom is -0.366 e. The lowest BCUT2D eigenvalue weighted by Gasteiger charge is -2.20. The second-order valence-electron chi connectivity index (χ2n) is 7.16. The van der Waals surface area contributed by atoms with Gasteiger partial charge < -0.3 is 16.4 Å². The minimum atomic E-state index is -0.462. The van der Waals surface area contributed by atoms with E-state index < -0.39 is 5.91 Å². The van der Waals surface area contributed by atoms with Gasteiger partial charge in [0.25, 0.3) is 0 Å². The van der Waals surface area contributed by atoms with Gasteiger partial charge in [0.1, 0.15) is 11.5 Å². The summed E-state index contributed by atoms with van der Waals surface area (Å²) in [6, 6.07) is 15.7. The van der Waals surface area contributed by atoms with Crippen LogP contribution in [0.15, 0.2) is 48.5 Å². The van der Waals surface area contributed by atoms with Crippen LogP contribution in [0.5, 0.6) is 0 Å². The molecule has 0 radical (unpaired) electrons. The third-order valence-electron chi connectivity index (χ3n) is 5.22. The average Bonchev–Trinajstić information content (AvgIpc) is 3.22. The van der Waals surface area contributed by atoms with Gasteiger partial charge in [0.15, 0.2) is 5.82 Å². The van der Waals surface area contributed by atoms with Crippen LogP contribution in [0.25, 0.3) is 21.6 Å². The molecular formula is C22H20N6OS. The third-order valence-corrected chi connectivity index (χ3v) is 6.11. The Balaban J connectivity index is 1.58. The fraction of sp³-hybridized carbons (Fsp3) is 0.182. The number of benzene rings is 2. The van der Waals surface area contributed by atoms with Crippen LogP contribution in [0.2, 0.25) is 0 Å². The monoisotopic (exact) mass is 416 g/mol. The van der Waals surface area contributed by atoms with Crippen molar-refractivity contribution < 1.29 is 4.79 Å². The van der Waals surface area contributed by atoms with Gasteiger partial charge in [-0.1, -0.05) is 42.5 Å². The number of rotatable bonds is 5. The van der Waals surface area contributed by atoms with E-state index in [0.29, 0.717) is 30.2 Å². The summed E-state index contributed by atoms with van der Waals surface area (Å²) in [6.45, 7) is 2.28. The summed E-state index contributed by atoms with van der Waals surface area (Å²) in [4.78, 5) is 21.4. The number of nitrogens with two attached hydrogens (primary N) is 1. The number of nitrogens with one attached hydrogen (secondary N) is 2. The van der Waals surface area contributed by atoms with Gasteiger partial charge in [-0.2, -0.15) is 4.37 Å². The molecule has 1 aliphatic heterocycles. The largest absolute Gasteiger partial charge is 0.366 e. The first-order chi connectivity index (χ1) is 14.7. The molecule has 8 heteroatoms. The molecule has 150 valence electrons. The summed E-state index contributed by atoms with van der Waals surface area (Å²) in [6.07, 6.45) is 0.871. The molecule has 5 rings (SSSR count). The molecule has 0 bridgehead atoms. The first-order valence-electron chi connectivity index (χ1n) is 9.77. The van der Waals surface area contributed by atoms with Crippen molar-refractivity contribution in [3.8, 4) is 11.5 Å². The van der Waals surface area contributed by atoms with Crippen molar-refractivity contribution in [1.82, 2.24) is 19.7 Å². The number of primary amides is 1. The number of aromatic nitrogens is 3. The molecule has 30 heavy (non-hydrogen) atoms. The Morgan fingerprint density at radius 3 is 2.83 bits per heavy atom. The molecule has 0 atom stereocenters. The molecule has 0 fully saturated rings. The van der Waals surface area contributed by atoms with E-state index in [1.54, 1.807) is 6.07 Å². The molecular weight excluding hydrogens is 396 g/mol. The molecule has 4 aromatic rings. The fourth-order valence-corrected chi connectivity index (χ4v) is 4.60. The van der Waals surface area contributed by atoms with Crippen molar-refractivity contribution in [2.24, 2.45) is 5.73 Å². The molecule has 1 aliphatic rings. The van der Waals surface area contributed by atoms with Crippen molar-refractivity contribution in [2.75, 3.05) is 11.9 Å². The second-order valence-corrected chi connectivity index (χ2v) is 7.94. The highest BCUT2D eigenvalue weighted by Gasteiger charge is 2.21. The molecule has 0 spiro atoms. The van der Waals surface area contributed by atoms with Crippen molar-refractivity contribution in [2.45, 2.75) is 19.5 Å². The fourth-order valence-electron chi connectivity index (χ4n) is 3.71. The van der Waals surface area contributed by atoms with Gasteiger partial charge in [-0.05, 0) is 36.1 Å². The van der Waals surface area contributed by atoms with Gasteiger partial charge in [-0.3, -0.25) is 4.79 Å². The number of hydrogen-bond acceptors (Lipinski definition) is 7. The first-order valence-corrected chi connectivity index (χ1v) is 10.5. The smallest absolute Gasteiger partial charge is 0.250 e. The van der Waals surface area contributed by atoms with Crippen LogP contribution in [0, 0.1) is 0 Å². The summed E-state index contributed by atoms with van der Waals surface area (Å²) in [7, 11) is 0. The normalized spacial score (nSPS) is 13.2. The van der Waals surface area contributed by atoms with Gasteiger partial charge >= 0.3 is 0 Å². The van der Waals surface area contributed by atoms with Gasteiger partial charge in [0.05, 0.1) is 16.0 Å². The highest BCUT2D eigenvalue weighted by molar-refractivity contribution is 7.14. The van der Waals surface area contributed by atoms with Crippen molar-refractivity contribution in [3.05, 3.63) is 70.9 Å². The Bertz CT molecular complexity index is 1240. The SMILES string of the molecule is NC(=O)c1cccc2c(-c3nc4c(c(NCc5ccccc5)n3)CCNC4)nsc12. The van der Waals surface area contributed by atoms with E-state index in [9.17, 15) is 4.79 Å². The first kappa shape index (κ1) is 18.7. The van der Waals surface area contributed by atoms with Gasteiger partial charge in [0, 0.05) is 24.0 Å². The molecule has 4 N–H and O–H groups in total. The van der Waals surface area contributed by atoms with Crippen LogP contribution < -0.4 is 16.4 Å². The van der Waals surface area contributed by atoms with E-state index in [0.717, 1.165) is 40.1 Å². The molecule has 0 aliphatic carbocycles. The number of carbonyl (C=O) groups is 1. The molecule has 2 aromatic carbocycles. The summed E-state index contributed by atoms with van der Waals surface area (Å²) in [5.74, 6) is 0.935. The molecule has 0 saturated carbocycles. The van der Waals surface area contributed by atoms with Crippen molar-refractivity contribution in [3.63, 3.8) is 0 Å². The van der Waals surface area contributed by atoms with E-state index in [1.807, 2.05) is 30.3 Å². The van der Waals surface area contributed by atoms with Crippen molar-refractivity contribution >= 4 is 33.3 Å². The predicted octanol–water partition coefficient (Wildman–Crippen LogP) is 3.11. The lowest BCUT2D eigenvalue weighted by Crippen LogP contribution is -2.26. The van der Waals surface area contributed by atoms with Crippen LogP contribution in [-0.2, 0) is 19.5 Å². The Kier molecular flexibility index (Phi) is 4.86. The Morgan fingerprint density at radius 2 is 2.00 bits per heavy atom. The minimum absolute atomic E-state index is 0.462. The number of anilines is 1. The quantitative estimate of drug-likeness (QED) is 0.462. The summed E-state index contributed by atoms with van der Waals surface area (Å²) < 4.78 is 5.34. The summed E-state index contributed by atoms with van der Waals surface area (Å²) in [5.41, 5.74) is 9.98. The van der Waals surface area contributed by atoms with Gasteiger partial charge in [-0.25, -0.2) is 9.97 Å². The molecule has 2 aromatic heterocycles. The number of nitrogens with zero attached hydrogens (tertiary/aromatic N) is 3. The van der Waals surface area contributed by atoms with Crippen LogP contribution in [0.3, 0.4) is 0 Å². The van der Waals surface area contributed by atoms with Crippen molar-refractivity contribution in [1.29, 1.82) is 0 Å². The molecule has 7 nitrogen and oxygen atoms in total. The van der Waals surface area contributed by atoms with Crippen LogP contribution in [0.1, 0.15) is 27.2 Å². The van der Waals surface area contributed by atoms with E-state index >= 15 is 0 Å². The predicted molar refractivity (Wildman–Crippen MR) is 118 cm³/mol.